The maximum absolute atomic E-state index is 11.0. The summed E-state index contributed by atoms with van der Waals surface area (Å²) in [6.45, 7) is 7.65. The second-order valence-corrected chi connectivity index (χ2v) is 8.48. The highest BCUT2D eigenvalue weighted by Crippen LogP contribution is 2.42. The van der Waals surface area contributed by atoms with Crippen molar-refractivity contribution in [3.63, 3.8) is 0 Å². The van der Waals surface area contributed by atoms with Crippen LogP contribution in [-0.2, 0) is 6.54 Å². The summed E-state index contributed by atoms with van der Waals surface area (Å²) in [6.07, 6.45) is 4.84. The number of hydrogen-bond acceptors (Lipinski definition) is 2. The van der Waals surface area contributed by atoms with Gasteiger partial charge in [-0.1, -0.05) is 93.4 Å². The van der Waals surface area contributed by atoms with Crippen molar-refractivity contribution in [2.24, 2.45) is 0 Å². The lowest BCUT2D eigenvalue weighted by atomic mass is 9.89. The van der Waals surface area contributed by atoms with Crippen LogP contribution in [0, 0.1) is 0 Å². The average molecular weight is 412 g/mol. The molecule has 0 saturated carbocycles. The van der Waals surface area contributed by atoms with E-state index >= 15 is 0 Å². The molecular weight excluding hydrogens is 378 g/mol. The van der Waals surface area contributed by atoms with Gasteiger partial charge in [-0.05, 0) is 64.7 Å². The summed E-state index contributed by atoms with van der Waals surface area (Å²) in [4.78, 5) is 2.59. The molecule has 160 valence electrons. The van der Waals surface area contributed by atoms with Crippen molar-refractivity contribution >= 4 is 21.5 Å². The standard InChI is InChI=1S/C29H33NO/c1-3-5-19-30(20-6-4-2)21-24-16-15-22-11-7-9-13-25(22)28(24)29-26-14-10-8-12-23(26)17-18-27(29)31/h7-18,31H,3-6,19-21H2,1-2H3. The molecule has 0 fully saturated rings. The van der Waals surface area contributed by atoms with Gasteiger partial charge in [0, 0.05) is 12.1 Å². The van der Waals surface area contributed by atoms with E-state index in [2.05, 4.69) is 79.4 Å². The van der Waals surface area contributed by atoms with Crippen LogP contribution < -0.4 is 0 Å². The Morgan fingerprint density at radius 2 is 1.19 bits per heavy atom. The van der Waals surface area contributed by atoms with Crippen LogP contribution in [0.1, 0.15) is 45.1 Å². The molecular formula is C29H33NO. The van der Waals surface area contributed by atoms with Gasteiger partial charge in [0.15, 0.2) is 0 Å². The molecule has 0 aliphatic rings. The molecule has 0 atom stereocenters. The summed E-state index contributed by atoms with van der Waals surface area (Å²) >= 11 is 0. The predicted octanol–water partition coefficient (Wildman–Crippen LogP) is 7.77. The van der Waals surface area contributed by atoms with Gasteiger partial charge in [-0.25, -0.2) is 0 Å². The maximum atomic E-state index is 11.0. The number of benzene rings is 4. The van der Waals surface area contributed by atoms with Gasteiger partial charge in [0.25, 0.3) is 0 Å². The molecule has 2 nitrogen and oxygen atoms in total. The van der Waals surface area contributed by atoms with Crippen LogP contribution in [0.25, 0.3) is 32.7 Å². The van der Waals surface area contributed by atoms with Crippen LogP contribution >= 0.6 is 0 Å². The van der Waals surface area contributed by atoms with E-state index in [1.807, 2.05) is 12.1 Å². The average Bonchev–Trinajstić information content (AvgIpc) is 2.81. The second-order valence-electron chi connectivity index (χ2n) is 8.48. The quantitative estimate of drug-likeness (QED) is 0.304. The van der Waals surface area contributed by atoms with Crippen molar-refractivity contribution in [1.29, 1.82) is 0 Å². The molecule has 0 unspecified atom stereocenters. The van der Waals surface area contributed by atoms with Gasteiger partial charge < -0.3 is 5.11 Å². The molecule has 0 saturated heterocycles. The largest absolute Gasteiger partial charge is 0.507 e. The molecule has 1 N–H and O–H groups in total. The molecule has 0 radical (unpaired) electrons. The van der Waals surface area contributed by atoms with Gasteiger partial charge in [0.2, 0.25) is 0 Å². The summed E-state index contributed by atoms with van der Waals surface area (Å²) in [5.74, 6) is 0.352. The number of phenols is 1. The molecule has 0 heterocycles. The lowest BCUT2D eigenvalue weighted by Gasteiger charge is -2.25. The Morgan fingerprint density at radius 3 is 1.81 bits per heavy atom. The molecule has 4 aromatic carbocycles. The highest BCUT2D eigenvalue weighted by Gasteiger charge is 2.18. The minimum atomic E-state index is 0.352. The molecule has 4 rings (SSSR count). The van der Waals surface area contributed by atoms with Crippen molar-refractivity contribution in [3.05, 3.63) is 78.4 Å². The summed E-state index contributed by atoms with van der Waals surface area (Å²) in [7, 11) is 0. The van der Waals surface area contributed by atoms with Crippen LogP contribution in [0.3, 0.4) is 0 Å². The zero-order valence-corrected chi connectivity index (χ0v) is 18.8. The summed E-state index contributed by atoms with van der Waals surface area (Å²) in [5.41, 5.74) is 3.42. The number of fused-ring (bicyclic) bond motifs is 2. The lowest BCUT2D eigenvalue weighted by Crippen LogP contribution is -2.26. The molecule has 4 aromatic rings. The Kier molecular flexibility index (Phi) is 6.89. The van der Waals surface area contributed by atoms with Crippen LogP contribution in [0.15, 0.2) is 72.8 Å². The van der Waals surface area contributed by atoms with E-state index in [9.17, 15) is 5.11 Å². The fourth-order valence-electron chi connectivity index (χ4n) is 4.54. The van der Waals surface area contributed by atoms with E-state index < -0.39 is 0 Å². The maximum Gasteiger partial charge on any atom is 0.124 e. The zero-order chi connectivity index (χ0) is 21.6. The molecule has 0 amide bonds. The van der Waals surface area contributed by atoms with Crippen molar-refractivity contribution in [3.8, 4) is 16.9 Å². The summed E-state index contributed by atoms with van der Waals surface area (Å²) in [5, 5.41) is 15.7. The SMILES string of the molecule is CCCCN(CCCC)Cc1ccc2ccccc2c1-c1c(O)ccc2ccccc12. The molecule has 0 aromatic heterocycles. The van der Waals surface area contributed by atoms with Gasteiger partial charge in [0.05, 0.1) is 0 Å². The number of unbranched alkanes of at least 4 members (excludes halogenated alkanes) is 2. The molecule has 31 heavy (non-hydrogen) atoms. The first-order valence-corrected chi connectivity index (χ1v) is 11.7. The number of rotatable bonds is 9. The Hall–Kier alpha value is -2.84. The number of nitrogens with zero attached hydrogens (tertiary/aromatic N) is 1. The second kappa shape index (κ2) is 9.98. The monoisotopic (exact) mass is 411 g/mol. The zero-order valence-electron chi connectivity index (χ0n) is 18.8. The van der Waals surface area contributed by atoms with Gasteiger partial charge >= 0.3 is 0 Å². The van der Waals surface area contributed by atoms with Crippen LogP contribution in [-0.4, -0.2) is 23.1 Å². The third-order valence-corrected chi connectivity index (χ3v) is 6.22. The molecule has 2 heteroatoms. The summed E-state index contributed by atoms with van der Waals surface area (Å²) in [6, 6.07) is 25.3. The highest BCUT2D eigenvalue weighted by molar-refractivity contribution is 6.08. The van der Waals surface area contributed by atoms with Crippen LogP contribution in [0.4, 0.5) is 0 Å². The first kappa shape index (κ1) is 21.4. The topological polar surface area (TPSA) is 23.5 Å². The van der Waals surface area contributed by atoms with Gasteiger partial charge in [-0.3, -0.25) is 4.90 Å². The third-order valence-electron chi connectivity index (χ3n) is 6.22. The van der Waals surface area contributed by atoms with Crippen molar-refractivity contribution in [1.82, 2.24) is 4.90 Å². The number of aromatic hydroxyl groups is 1. The Bertz CT molecular complexity index is 1160. The Labute approximate surface area is 186 Å². The Balaban J connectivity index is 1.91. The highest BCUT2D eigenvalue weighted by atomic mass is 16.3. The minimum absolute atomic E-state index is 0.352. The fraction of sp³-hybridized carbons (Fsp3) is 0.310. The smallest absolute Gasteiger partial charge is 0.124 e. The van der Waals surface area contributed by atoms with Crippen molar-refractivity contribution < 1.29 is 5.11 Å². The van der Waals surface area contributed by atoms with Gasteiger partial charge in [-0.2, -0.15) is 0 Å². The minimum Gasteiger partial charge on any atom is -0.507 e. The van der Waals surface area contributed by atoms with Crippen molar-refractivity contribution in [2.75, 3.05) is 13.1 Å². The summed E-state index contributed by atoms with van der Waals surface area (Å²) < 4.78 is 0. The van der Waals surface area contributed by atoms with E-state index in [4.69, 9.17) is 0 Å². The van der Waals surface area contributed by atoms with E-state index in [-0.39, 0.29) is 0 Å². The third kappa shape index (κ3) is 4.60. The van der Waals surface area contributed by atoms with Gasteiger partial charge in [-0.15, -0.1) is 0 Å². The molecule has 0 spiro atoms. The van der Waals surface area contributed by atoms with E-state index in [0.29, 0.717) is 5.75 Å². The number of hydrogen-bond donors (Lipinski definition) is 1. The first-order chi connectivity index (χ1) is 15.2. The van der Waals surface area contributed by atoms with Crippen molar-refractivity contribution in [2.45, 2.75) is 46.1 Å². The van der Waals surface area contributed by atoms with Crippen LogP contribution in [0.5, 0.6) is 5.75 Å². The molecule has 0 aliphatic heterocycles. The normalized spacial score (nSPS) is 11.6. The van der Waals surface area contributed by atoms with Gasteiger partial charge in [0.1, 0.15) is 5.75 Å². The van der Waals surface area contributed by atoms with E-state index in [1.54, 1.807) is 0 Å². The Morgan fingerprint density at radius 1 is 0.645 bits per heavy atom. The first-order valence-electron chi connectivity index (χ1n) is 11.7. The molecule has 0 bridgehead atoms. The van der Waals surface area contributed by atoms with E-state index in [1.165, 1.54) is 47.6 Å². The van der Waals surface area contributed by atoms with Crippen LogP contribution in [0.2, 0.25) is 0 Å². The van der Waals surface area contributed by atoms with E-state index in [0.717, 1.165) is 36.0 Å². The molecule has 0 aliphatic carbocycles. The number of phenolic OH excluding ortho intramolecular Hbond substituents is 1. The fourth-order valence-corrected chi connectivity index (χ4v) is 4.54. The predicted molar refractivity (Wildman–Crippen MR) is 134 cm³/mol. The lowest BCUT2D eigenvalue weighted by molar-refractivity contribution is 0.257.